The van der Waals surface area contributed by atoms with Crippen LogP contribution < -0.4 is 10.6 Å². The monoisotopic (exact) mass is 511 g/mol. The zero-order chi connectivity index (χ0) is 19.8. The first-order valence-electron chi connectivity index (χ1n) is 10.3. The number of guanidine groups is 1. The predicted octanol–water partition coefficient (Wildman–Crippen LogP) is 2.68. The molecule has 0 spiro atoms. The fraction of sp³-hybridized carbons (Fsp3) is 0.571. The molecule has 2 heterocycles. The van der Waals surface area contributed by atoms with E-state index in [2.05, 4.69) is 79.5 Å². The fourth-order valence-electron chi connectivity index (χ4n) is 3.83. The van der Waals surface area contributed by atoms with E-state index >= 15 is 0 Å². The molecule has 8 heteroatoms. The largest absolute Gasteiger partial charge is 0.355 e. The zero-order valence-electron chi connectivity index (χ0n) is 17.7. The molecular formula is C21H34IN7. The average molecular weight is 511 g/mol. The Labute approximate surface area is 191 Å². The standard InChI is InChI=1S/C21H33N7.HI/c1-4-20-26-24-16-28(20)13-11-23-21(22-3)25-19-10-12-27(17(2)14-19)15-18-8-6-5-7-9-18;/h5-9,16-17,19H,4,10-15H2,1-3H3,(H2,22,23,25);1H. The van der Waals surface area contributed by atoms with Gasteiger partial charge in [-0.05, 0) is 25.3 Å². The molecule has 29 heavy (non-hydrogen) atoms. The highest BCUT2D eigenvalue weighted by Crippen LogP contribution is 2.19. The summed E-state index contributed by atoms with van der Waals surface area (Å²) in [6.07, 6.45) is 4.94. The molecule has 0 aliphatic carbocycles. The van der Waals surface area contributed by atoms with Crippen LogP contribution in [0.1, 0.15) is 38.1 Å². The molecule has 1 fully saturated rings. The number of nitrogens with zero attached hydrogens (tertiary/aromatic N) is 5. The Hall–Kier alpha value is -1.68. The number of hydrogen-bond donors (Lipinski definition) is 2. The lowest BCUT2D eigenvalue weighted by atomic mass is 9.97. The molecule has 3 rings (SSSR count). The molecule has 1 aromatic carbocycles. The number of piperidine rings is 1. The van der Waals surface area contributed by atoms with Gasteiger partial charge in [-0.3, -0.25) is 9.89 Å². The molecule has 0 bridgehead atoms. The number of benzene rings is 1. The van der Waals surface area contributed by atoms with Crippen LogP contribution in [0.2, 0.25) is 0 Å². The second-order valence-corrected chi connectivity index (χ2v) is 7.46. The molecule has 1 saturated heterocycles. The molecule has 2 aromatic rings. The average Bonchev–Trinajstić information content (AvgIpc) is 3.17. The lowest BCUT2D eigenvalue weighted by Crippen LogP contribution is -2.51. The number of hydrogen-bond acceptors (Lipinski definition) is 4. The number of rotatable bonds is 7. The second-order valence-electron chi connectivity index (χ2n) is 7.46. The second kappa shape index (κ2) is 12.1. The van der Waals surface area contributed by atoms with E-state index < -0.39 is 0 Å². The lowest BCUT2D eigenvalue weighted by molar-refractivity contribution is 0.134. The number of nitrogens with one attached hydrogen (secondary N) is 2. The molecule has 2 N–H and O–H groups in total. The van der Waals surface area contributed by atoms with Crippen molar-refractivity contribution in [2.45, 2.75) is 58.3 Å². The van der Waals surface area contributed by atoms with Crippen LogP contribution >= 0.6 is 24.0 Å². The highest BCUT2D eigenvalue weighted by atomic mass is 127. The van der Waals surface area contributed by atoms with E-state index in [-0.39, 0.29) is 24.0 Å². The maximum atomic E-state index is 4.40. The number of likely N-dealkylation sites (tertiary alicyclic amines) is 1. The molecular weight excluding hydrogens is 477 g/mol. The van der Waals surface area contributed by atoms with Crippen LogP contribution in [0.3, 0.4) is 0 Å². The molecule has 1 aromatic heterocycles. The zero-order valence-corrected chi connectivity index (χ0v) is 20.0. The van der Waals surface area contributed by atoms with Gasteiger partial charge in [0.15, 0.2) is 5.96 Å². The van der Waals surface area contributed by atoms with Crippen molar-refractivity contribution < 1.29 is 0 Å². The van der Waals surface area contributed by atoms with E-state index in [1.54, 1.807) is 6.33 Å². The van der Waals surface area contributed by atoms with Crippen LogP contribution in [0.5, 0.6) is 0 Å². The van der Waals surface area contributed by atoms with E-state index in [1.165, 1.54) is 5.56 Å². The first-order chi connectivity index (χ1) is 13.7. The van der Waals surface area contributed by atoms with E-state index in [4.69, 9.17) is 0 Å². The van der Waals surface area contributed by atoms with Gasteiger partial charge < -0.3 is 15.2 Å². The SMILES string of the molecule is CCc1nncn1CCNC(=NC)NC1CCN(Cc2ccccc2)C(C)C1.I. The Morgan fingerprint density at radius 1 is 1.28 bits per heavy atom. The molecule has 160 valence electrons. The van der Waals surface area contributed by atoms with Gasteiger partial charge in [-0.2, -0.15) is 0 Å². The van der Waals surface area contributed by atoms with Crippen LogP contribution in [-0.4, -0.2) is 57.8 Å². The van der Waals surface area contributed by atoms with Crippen LogP contribution in [-0.2, 0) is 19.5 Å². The van der Waals surface area contributed by atoms with Crippen molar-refractivity contribution in [3.8, 4) is 0 Å². The third-order valence-corrected chi connectivity index (χ3v) is 5.46. The summed E-state index contributed by atoms with van der Waals surface area (Å²) in [5.41, 5.74) is 1.39. The fourth-order valence-corrected chi connectivity index (χ4v) is 3.83. The van der Waals surface area contributed by atoms with E-state index in [1.807, 2.05) is 7.05 Å². The van der Waals surface area contributed by atoms with E-state index in [9.17, 15) is 0 Å². The smallest absolute Gasteiger partial charge is 0.191 e. The van der Waals surface area contributed by atoms with Crippen molar-refractivity contribution in [1.82, 2.24) is 30.3 Å². The van der Waals surface area contributed by atoms with Crippen molar-refractivity contribution in [1.29, 1.82) is 0 Å². The Morgan fingerprint density at radius 3 is 2.76 bits per heavy atom. The van der Waals surface area contributed by atoms with Crippen molar-refractivity contribution in [3.05, 3.63) is 48.0 Å². The highest BCUT2D eigenvalue weighted by molar-refractivity contribution is 14.0. The molecule has 0 amide bonds. The van der Waals surface area contributed by atoms with E-state index in [0.717, 1.165) is 57.2 Å². The van der Waals surface area contributed by atoms with E-state index in [0.29, 0.717) is 12.1 Å². The third-order valence-electron chi connectivity index (χ3n) is 5.46. The molecule has 1 aliphatic heterocycles. The first kappa shape index (κ1) is 23.6. The van der Waals surface area contributed by atoms with Crippen LogP contribution in [0.25, 0.3) is 0 Å². The predicted molar refractivity (Wildman–Crippen MR) is 129 cm³/mol. The molecule has 0 radical (unpaired) electrons. The molecule has 2 atom stereocenters. The van der Waals surface area contributed by atoms with Gasteiger partial charge in [-0.15, -0.1) is 34.2 Å². The summed E-state index contributed by atoms with van der Waals surface area (Å²) in [6.45, 7) is 8.19. The topological polar surface area (TPSA) is 70.4 Å². The highest BCUT2D eigenvalue weighted by Gasteiger charge is 2.25. The van der Waals surface area contributed by atoms with Crippen LogP contribution in [0.15, 0.2) is 41.7 Å². The minimum atomic E-state index is 0. The summed E-state index contributed by atoms with van der Waals surface area (Å²) in [6, 6.07) is 11.7. The summed E-state index contributed by atoms with van der Waals surface area (Å²) >= 11 is 0. The summed E-state index contributed by atoms with van der Waals surface area (Å²) in [5.74, 6) is 1.89. The maximum Gasteiger partial charge on any atom is 0.191 e. The Bertz CT molecular complexity index is 746. The number of aromatic nitrogens is 3. The quantitative estimate of drug-likeness (QED) is 0.340. The van der Waals surface area contributed by atoms with Gasteiger partial charge in [0, 0.05) is 51.7 Å². The normalized spacial score (nSPS) is 20.2. The van der Waals surface area contributed by atoms with Gasteiger partial charge in [-0.1, -0.05) is 37.3 Å². The Kier molecular flexibility index (Phi) is 9.86. The van der Waals surface area contributed by atoms with Crippen molar-refractivity contribution in [2.24, 2.45) is 4.99 Å². The van der Waals surface area contributed by atoms with Crippen LogP contribution in [0.4, 0.5) is 0 Å². The summed E-state index contributed by atoms with van der Waals surface area (Å²) in [7, 11) is 1.83. The summed E-state index contributed by atoms with van der Waals surface area (Å²) in [4.78, 5) is 6.97. The van der Waals surface area contributed by atoms with Gasteiger partial charge >= 0.3 is 0 Å². The van der Waals surface area contributed by atoms with Crippen molar-refractivity contribution in [2.75, 3.05) is 20.1 Å². The minimum Gasteiger partial charge on any atom is -0.355 e. The maximum absolute atomic E-state index is 4.40. The number of aliphatic imine (C=N–C) groups is 1. The Balaban J connectivity index is 0.00000300. The molecule has 2 unspecified atom stereocenters. The summed E-state index contributed by atoms with van der Waals surface area (Å²) < 4.78 is 2.09. The van der Waals surface area contributed by atoms with Crippen molar-refractivity contribution >= 4 is 29.9 Å². The lowest BCUT2D eigenvalue weighted by Gasteiger charge is -2.38. The Morgan fingerprint density at radius 2 is 2.07 bits per heavy atom. The summed E-state index contributed by atoms with van der Waals surface area (Å²) in [5, 5.41) is 15.1. The van der Waals surface area contributed by atoms with Gasteiger partial charge in [-0.25, -0.2) is 0 Å². The van der Waals surface area contributed by atoms with Crippen molar-refractivity contribution in [3.63, 3.8) is 0 Å². The number of halogens is 1. The van der Waals surface area contributed by atoms with Crippen LogP contribution in [0, 0.1) is 0 Å². The third kappa shape index (κ3) is 6.95. The first-order valence-corrected chi connectivity index (χ1v) is 10.3. The van der Waals surface area contributed by atoms with Gasteiger partial charge in [0.1, 0.15) is 12.2 Å². The van der Waals surface area contributed by atoms with Gasteiger partial charge in [0.2, 0.25) is 0 Å². The molecule has 1 aliphatic rings. The van der Waals surface area contributed by atoms with Gasteiger partial charge in [0.25, 0.3) is 0 Å². The number of aryl methyl sites for hydroxylation is 1. The molecule has 7 nitrogen and oxygen atoms in total. The molecule has 0 saturated carbocycles. The van der Waals surface area contributed by atoms with Gasteiger partial charge in [0.05, 0.1) is 0 Å². The minimum absolute atomic E-state index is 0.